The molecular formula is C14H19N3OS. The molecular weight excluding hydrogens is 258 g/mol. The van der Waals surface area contributed by atoms with Gasteiger partial charge < -0.3 is 10.6 Å². The van der Waals surface area contributed by atoms with Gasteiger partial charge in [-0.05, 0) is 25.3 Å². The summed E-state index contributed by atoms with van der Waals surface area (Å²) < 4.78 is 0. The fourth-order valence-electron chi connectivity index (χ4n) is 1.48. The molecule has 102 valence electrons. The van der Waals surface area contributed by atoms with Gasteiger partial charge in [0.25, 0.3) is 5.91 Å². The topological polar surface area (TPSA) is 59.2 Å². The molecule has 1 heterocycles. The number of pyridine rings is 1. The Kier molecular flexibility index (Phi) is 6.40. The first kappa shape index (κ1) is 15.5. The van der Waals surface area contributed by atoms with Crippen molar-refractivity contribution in [3.63, 3.8) is 0 Å². The van der Waals surface area contributed by atoms with Crippen LogP contribution in [-0.2, 0) is 0 Å². The van der Waals surface area contributed by atoms with Crippen molar-refractivity contribution >= 4 is 17.7 Å². The minimum atomic E-state index is -0.0696. The van der Waals surface area contributed by atoms with Crippen LogP contribution < -0.4 is 5.73 Å². The van der Waals surface area contributed by atoms with Crippen LogP contribution in [0.5, 0.6) is 0 Å². The normalized spacial score (nSPS) is 11.4. The molecule has 2 N–H and O–H groups in total. The van der Waals surface area contributed by atoms with E-state index in [1.165, 1.54) is 0 Å². The summed E-state index contributed by atoms with van der Waals surface area (Å²) in [5.41, 5.74) is 6.50. The van der Waals surface area contributed by atoms with Crippen molar-refractivity contribution in [2.24, 2.45) is 5.73 Å². The molecule has 1 atom stereocenters. The van der Waals surface area contributed by atoms with E-state index >= 15 is 0 Å². The number of nitrogens with zero attached hydrogens (tertiary/aromatic N) is 2. The lowest BCUT2D eigenvalue weighted by Crippen LogP contribution is -2.37. The first-order valence-electron chi connectivity index (χ1n) is 6.01. The van der Waals surface area contributed by atoms with E-state index in [0.717, 1.165) is 11.3 Å². The van der Waals surface area contributed by atoms with Crippen molar-refractivity contribution in [3.8, 4) is 11.8 Å². The summed E-state index contributed by atoms with van der Waals surface area (Å²) in [6, 6.07) is 3.67. The maximum absolute atomic E-state index is 12.2. The SMILES string of the molecule is CSCC(C)N(C)C(=O)c1ccc(C#CCN)cn1. The van der Waals surface area contributed by atoms with Crippen molar-refractivity contribution in [1.82, 2.24) is 9.88 Å². The molecule has 0 saturated carbocycles. The summed E-state index contributed by atoms with van der Waals surface area (Å²) in [5, 5.41) is 0. The Morgan fingerprint density at radius 1 is 1.58 bits per heavy atom. The second-order valence-corrected chi connectivity index (χ2v) is 5.07. The second-order valence-electron chi connectivity index (χ2n) is 4.16. The molecule has 1 amide bonds. The van der Waals surface area contributed by atoms with Crippen LogP contribution in [0.1, 0.15) is 23.0 Å². The minimum Gasteiger partial charge on any atom is -0.337 e. The van der Waals surface area contributed by atoms with Crippen LogP contribution in [0.25, 0.3) is 0 Å². The molecule has 0 bridgehead atoms. The fourth-order valence-corrected chi connectivity index (χ4v) is 2.19. The van der Waals surface area contributed by atoms with E-state index in [1.54, 1.807) is 42.0 Å². The van der Waals surface area contributed by atoms with E-state index in [9.17, 15) is 4.79 Å². The highest BCUT2D eigenvalue weighted by Crippen LogP contribution is 2.08. The highest BCUT2D eigenvalue weighted by atomic mass is 32.2. The first-order valence-corrected chi connectivity index (χ1v) is 7.40. The molecule has 0 aromatic carbocycles. The van der Waals surface area contributed by atoms with Crippen molar-refractivity contribution in [2.75, 3.05) is 25.6 Å². The lowest BCUT2D eigenvalue weighted by Gasteiger charge is -2.23. The smallest absolute Gasteiger partial charge is 0.272 e. The maximum atomic E-state index is 12.2. The molecule has 19 heavy (non-hydrogen) atoms. The van der Waals surface area contributed by atoms with E-state index in [4.69, 9.17) is 5.73 Å². The number of hydrogen-bond acceptors (Lipinski definition) is 4. The number of thioether (sulfide) groups is 1. The molecule has 0 aliphatic rings. The third-order valence-electron chi connectivity index (χ3n) is 2.71. The van der Waals surface area contributed by atoms with Crippen molar-refractivity contribution in [2.45, 2.75) is 13.0 Å². The van der Waals surface area contributed by atoms with E-state index in [0.29, 0.717) is 12.2 Å². The molecule has 1 unspecified atom stereocenters. The molecule has 1 rings (SSSR count). The molecule has 0 aliphatic carbocycles. The summed E-state index contributed by atoms with van der Waals surface area (Å²) in [7, 11) is 1.80. The monoisotopic (exact) mass is 277 g/mol. The number of rotatable bonds is 4. The van der Waals surface area contributed by atoms with Crippen molar-refractivity contribution in [1.29, 1.82) is 0 Å². The number of hydrogen-bond donors (Lipinski definition) is 1. The number of carbonyl (C=O) groups is 1. The Morgan fingerprint density at radius 3 is 2.84 bits per heavy atom. The molecule has 0 saturated heterocycles. The number of amides is 1. The molecule has 4 nitrogen and oxygen atoms in total. The Morgan fingerprint density at radius 2 is 2.32 bits per heavy atom. The van der Waals surface area contributed by atoms with E-state index in [2.05, 4.69) is 16.8 Å². The molecule has 1 aromatic rings. The highest BCUT2D eigenvalue weighted by Gasteiger charge is 2.17. The van der Waals surface area contributed by atoms with E-state index < -0.39 is 0 Å². The average Bonchev–Trinajstić information content (AvgIpc) is 2.44. The molecule has 5 heteroatoms. The fraction of sp³-hybridized carbons (Fsp3) is 0.429. The molecule has 1 aromatic heterocycles. The summed E-state index contributed by atoms with van der Waals surface area (Å²) in [6.45, 7) is 2.34. The van der Waals surface area contributed by atoms with Gasteiger partial charge in [-0.2, -0.15) is 11.8 Å². The van der Waals surface area contributed by atoms with Crippen LogP contribution in [0.2, 0.25) is 0 Å². The van der Waals surface area contributed by atoms with Crippen molar-refractivity contribution < 1.29 is 4.79 Å². The predicted octanol–water partition coefficient (Wildman–Crippen LogP) is 1.22. The van der Waals surface area contributed by atoms with E-state index in [-0.39, 0.29) is 11.9 Å². The Hall–Kier alpha value is -1.51. The van der Waals surface area contributed by atoms with Gasteiger partial charge in [-0.1, -0.05) is 11.8 Å². The molecule has 0 radical (unpaired) electrons. The van der Waals surface area contributed by atoms with Gasteiger partial charge in [0.2, 0.25) is 0 Å². The Bertz CT molecular complexity index is 476. The third-order valence-corrected chi connectivity index (χ3v) is 3.52. The van der Waals surface area contributed by atoms with Gasteiger partial charge in [-0.15, -0.1) is 0 Å². The van der Waals surface area contributed by atoms with Gasteiger partial charge >= 0.3 is 0 Å². The van der Waals surface area contributed by atoms with Crippen LogP contribution >= 0.6 is 11.8 Å². The quantitative estimate of drug-likeness (QED) is 0.841. The zero-order valence-electron chi connectivity index (χ0n) is 11.5. The summed E-state index contributed by atoms with van der Waals surface area (Å²) in [6.07, 6.45) is 3.63. The molecule has 0 spiro atoms. The van der Waals surface area contributed by atoms with Gasteiger partial charge in [-0.25, -0.2) is 4.98 Å². The zero-order valence-corrected chi connectivity index (χ0v) is 12.3. The van der Waals surface area contributed by atoms with Crippen LogP contribution in [0.3, 0.4) is 0 Å². The standard InChI is InChI=1S/C14H19N3OS/c1-11(10-19-3)17(2)14(18)13-7-6-12(9-16-13)5-4-8-15/h6-7,9,11H,8,10,15H2,1-3H3. The Balaban J connectivity index is 2.77. The number of carbonyl (C=O) groups excluding carboxylic acids is 1. The van der Waals surface area contributed by atoms with Crippen LogP contribution in [0.15, 0.2) is 18.3 Å². The highest BCUT2D eigenvalue weighted by molar-refractivity contribution is 7.98. The van der Waals surface area contributed by atoms with Gasteiger partial charge in [0.1, 0.15) is 5.69 Å². The van der Waals surface area contributed by atoms with Crippen LogP contribution in [0, 0.1) is 11.8 Å². The second kappa shape index (κ2) is 7.82. The lowest BCUT2D eigenvalue weighted by molar-refractivity contribution is 0.0751. The van der Waals surface area contributed by atoms with Crippen LogP contribution in [-0.4, -0.2) is 47.4 Å². The zero-order chi connectivity index (χ0) is 14.3. The Labute approximate surface area is 118 Å². The minimum absolute atomic E-state index is 0.0696. The van der Waals surface area contributed by atoms with Gasteiger partial charge in [0.15, 0.2) is 0 Å². The lowest BCUT2D eigenvalue weighted by atomic mass is 10.2. The summed E-state index contributed by atoms with van der Waals surface area (Å²) >= 11 is 1.72. The molecule has 0 fully saturated rings. The number of nitrogens with two attached hydrogens (primary N) is 1. The van der Waals surface area contributed by atoms with E-state index in [1.807, 2.05) is 13.2 Å². The predicted molar refractivity (Wildman–Crippen MR) is 80.1 cm³/mol. The van der Waals surface area contributed by atoms with Gasteiger partial charge in [0.05, 0.1) is 6.54 Å². The maximum Gasteiger partial charge on any atom is 0.272 e. The van der Waals surface area contributed by atoms with Gasteiger partial charge in [0, 0.05) is 30.6 Å². The number of aromatic nitrogens is 1. The van der Waals surface area contributed by atoms with Crippen LogP contribution in [0.4, 0.5) is 0 Å². The molecule has 0 aliphatic heterocycles. The van der Waals surface area contributed by atoms with Gasteiger partial charge in [-0.3, -0.25) is 4.79 Å². The third kappa shape index (κ3) is 4.58. The average molecular weight is 277 g/mol. The summed E-state index contributed by atoms with van der Waals surface area (Å²) in [5.74, 6) is 6.46. The largest absolute Gasteiger partial charge is 0.337 e. The van der Waals surface area contributed by atoms with Crippen molar-refractivity contribution in [3.05, 3.63) is 29.6 Å². The summed E-state index contributed by atoms with van der Waals surface area (Å²) in [4.78, 5) is 18.1. The first-order chi connectivity index (χ1) is 9.10.